The normalized spacial score (nSPS) is 17.5. The second-order valence-corrected chi connectivity index (χ2v) is 6.57. The molecule has 1 aromatic carbocycles. The predicted octanol–water partition coefficient (Wildman–Crippen LogP) is 1.74. The molecule has 1 saturated heterocycles. The van der Waals surface area contributed by atoms with Gasteiger partial charge in [-0.1, -0.05) is 11.8 Å². The van der Waals surface area contributed by atoms with Gasteiger partial charge in [-0.25, -0.2) is 9.97 Å². The maximum atomic E-state index is 12.3. The summed E-state index contributed by atoms with van der Waals surface area (Å²) >= 11 is 1.17. The minimum Gasteiger partial charge on any atom is -0.493 e. The fraction of sp³-hybridized carbons (Fsp3) is 0.235. The average Bonchev–Trinajstić information content (AvgIpc) is 3.01. The fourth-order valence-corrected chi connectivity index (χ4v) is 3.29. The number of hydrogen-bond acceptors (Lipinski definition) is 8. The van der Waals surface area contributed by atoms with Gasteiger partial charge in [0.25, 0.3) is 5.95 Å². The number of benzene rings is 1. The molecule has 9 nitrogen and oxygen atoms in total. The summed E-state index contributed by atoms with van der Waals surface area (Å²) in [4.78, 5) is 36.5. The molecule has 2 N–H and O–H groups in total. The van der Waals surface area contributed by atoms with E-state index in [-0.39, 0.29) is 24.2 Å². The van der Waals surface area contributed by atoms with Crippen molar-refractivity contribution in [2.24, 2.45) is 4.99 Å². The van der Waals surface area contributed by atoms with Crippen LogP contribution in [0.15, 0.2) is 41.7 Å². The molecule has 0 aliphatic carbocycles. The molecule has 0 bridgehead atoms. The summed E-state index contributed by atoms with van der Waals surface area (Å²) in [7, 11) is 3.05. The van der Waals surface area contributed by atoms with Gasteiger partial charge in [-0.3, -0.25) is 9.59 Å². The van der Waals surface area contributed by atoms with Crippen LogP contribution < -0.4 is 20.1 Å². The van der Waals surface area contributed by atoms with Gasteiger partial charge in [-0.2, -0.15) is 4.99 Å². The van der Waals surface area contributed by atoms with Crippen molar-refractivity contribution in [2.75, 3.05) is 19.5 Å². The lowest BCUT2D eigenvalue weighted by Gasteiger charge is -2.11. The number of thioether (sulfide) groups is 1. The largest absolute Gasteiger partial charge is 0.493 e. The zero-order chi connectivity index (χ0) is 19.2. The van der Waals surface area contributed by atoms with Gasteiger partial charge in [-0.05, 0) is 18.2 Å². The number of ether oxygens (including phenoxy) is 2. The summed E-state index contributed by atoms with van der Waals surface area (Å²) in [6.45, 7) is 0. The number of carbonyl (C=O) groups is 2. The predicted molar refractivity (Wildman–Crippen MR) is 101 cm³/mol. The number of amides is 2. The molecule has 10 heteroatoms. The number of methoxy groups -OCH3 is 2. The molecule has 2 aromatic rings. The number of rotatable bonds is 6. The van der Waals surface area contributed by atoms with Crippen LogP contribution in [0.25, 0.3) is 0 Å². The maximum absolute atomic E-state index is 12.3. The van der Waals surface area contributed by atoms with Crippen LogP contribution in [0.2, 0.25) is 0 Å². The Morgan fingerprint density at radius 1 is 1.26 bits per heavy atom. The Balaban J connectivity index is 1.61. The van der Waals surface area contributed by atoms with Gasteiger partial charge in [0.1, 0.15) is 5.25 Å². The zero-order valence-electron chi connectivity index (χ0n) is 14.6. The number of nitrogens with one attached hydrogen (secondary N) is 2. The van der Waals surface area contributed by atoms with Gasteiger partial charge in [0.2, 0.25) is 11.8 Å². The maximum Gasteiger partial charge on any atom is 0.251 e. The van der Waals surface area contributed by atoms with Crippen LogP contribution in [-0.2, 0) is 9.59 Å². The van der Waals surface area contributed by atoms with Gasteiger partial charge in [0.15, 0.2) is 16.7 Å². The van der Waals surface area contributed by atoms with Crippen molar-refractivity contribution in [3.8, 4) is 11.5 Å². The average molecular weight is 387 g/mol. The molecule has 1 fully saturated rings. The summed E-state index contributed by atoms with van der Waals surface area (Å²) in [6.07, 6.45) is 3.11. The minimum absolute atomic E-state index is 0.000485. The molecular formula is C17H17N5O4S. The lowest BCUT2D eigenvalue weighted by Crippen LogP contribution is -2.28. The summed E-state index contributed by atoms with van der Waals surface area (Å²) < 4.78 is 10.4. The Bertz CT molecular complexity index is 875. The first-order valence-electron chi connectivity index (χ1n) is 7.94. The number of aliphatic imine (C=N–C) groups is 1. The van der Waals surface area contributed by atoms with Crippen molar-refractivity contribution in [1.29, 1.82) is 0 Å². The van der Waals surface area contributed by atoms with E-state index in [1.54, 1.807) is 36.7 Å². The number of nitrogens with zero attached hydrogens (tertiary/aromatic N) is 3. The first-order valence-corrected chi connectivity index (χ1v) is 8.82. The van der Waals surface area contributed by atoms with Crippen LogP contribution in [0.4, 0.5) is 11.6 Å². The number of aromatic nitrogens is 2. The molecule has 0 spiro atoms. The van der Waals surface area contributed by atoms with Gasteiger partial charge < -0.3 is 20.1 Å². The Morgan fingerprint density at radius 2 is 2.00 bits per heavy atom. The van der Waals surface area contributed by atoms with Crippen LogP contribution in [0.1, 0.15) is 6.42 Å². The first kappa shape index (κ1) is 18.6. The third-order valence-electron chi connectivity index (χ3n) is 3.57. The highest BCUT2D eigenvalue weighted by Gasteiger charge is 2.32. The molecule has 1 atom stereocenters. The van der Waals surface area contributed by atoms with E-state index in [4.69, 9.17) is 9.47 Å². The quantitative estimate of drug-likeness (QED) is 0.776. The van der Waals surface area contributed by atoms with E-state index in [2.05, 4.69) is 25.6 Å². The van der Waals surface area contributed by atoms with Crippen molar-refractivity contribution in [1.82, 2.24) is 15.3 Å². The second kappa shape index (κ2) is 8.49. The van der Waals surface area contributed by atoms with Crippen LogP contribution in [-0.4, -0.2) is 46.4 Å². The summed E-state index contributed by atoms with van der Waals surface area (Å²) in [5.74, 6) is 0.728. The molecule has 140 valence electrons. The topological polar surface area (TPSA) is 115 Å². The molecule has 0 saturated carbocycles. The highest BCUT2D eigenvalue weighted by molar-refractivity contribution is 8.15. The monoisotopic (exact) mass is 387 g/mol. The second-order valence-electron chi connectivity index (χ2n) is 5.38. The molecule has 3 rings (SSSR count). The van der Waals surface area contributed by atoms with Crippen molar-refractivity contribution in [3.63, 3.8) is 0 Å². The third-order valence-corrected chi connectivity index (χ3v) is 4.65. The standard InChI is InChI=1S/C17H17N5O4S/c1-25-11-5-4-10(8-12(11)26-2)20-14(23)9-13-15(24)21-17(27-13)22-16-18-6-3-7-19-16/h3-8,13H,9H2,1-2H3,(H,20,23)(H,18,19,21,22,24). The SMILES string of the molecule is COc1ccc(NC(=O)CC2S/C(=N\c3ncccn3)NC2=O)cc1OC. The molecule has 1 aromatic heterocycles. The number of amidine groups is 1. The highest BCUT2D eigenvalue weighted by atomic mass is 32.2. The van der Waals surface area contributed by atoms with E-state index < -0.39 is 5.25 Å². The Labute approximate surface area is 159 Å². The molecule has 1 unspecified atom stereocenters. The minimum atomic E-state index is -0.576. The summed E-state index contributed by atoms with van der Waals surface area (Å²) in [5, 5.41) is 5.17. The van der Waals surface area contributed by atoms with Crippen LogP contribution in [0.5, 0.6) is 11.5 Å². The van der Waals surface area contributed by atoms with Gasteiger partial charge in [-0.15, -0.1) is 0 Å². The number of hydrogen-bond donors (Lipinski definition) is 2. The molecule has 1 aliphatic rings. The van der Waals surface area contributed by atoms with Gasteiger partial charge in [0.05, 0.1) is 14.2 Å². The summed E-state index contributed by atoms with van der Waals surface area (Å²) in [5.41, 5.74) is 0.549. The zero-order valence-corrected chi connectivity index (χ0v) is 15.4. The first-order chi connectivity index (χ1) is 13.1. The molecular weight excluding hydrogens is 370 g/mol. The van der Waals surface area contributed by atoms with E-state index in [9.17, 15) is 9.59 Å². The molecule has 0 radical (unpaired) electrons. The molecule has 1 aliphatic heterocycles. The fourth-order valence-electron chi connectivity index (χ4n) is 2.33. The van der Waals surface area contributed by atoms with E-state index in [1.807, 2.05) is 0 Å². The summed E-state index contributed by atoms with van der Waals surface area (Å²) in [6, 6.07) is 6.71. The van der Waals surface area contributed by atoms with E-state index >= 15 is 0 Å². The van der Waals surface area contributed by atoms with Crippen molar-refractivity contribution in [2.45, 2.75) is 11.7 Å². The van der Waals surface area contributed by atoms with Crippen molar-refractivity contribution in [3.05, 3.63) is 36.7 Å². The van der Waals surface area contributed by atoms with Crippen molar-refractivity contribution < 1.29 is 19.1 Å². The van der Waals surface area contributed by atoms with Gasteiger partial charge >= 0.3 is 0 Å². The Morgan fingerprint density at radius 3 is 2.70 bits per heavy atom. The van der Waals surface area contributed by atoms with Gasteiger partial charge in [0, 0.05) is 30.6 Å². The lowest BCUT2D eigenvalue weighted by atomic mass is 10.2. The number of anilines is 1. The van der Waals surface area contributed by atoms with Crippen LogP contribution in [0, 0.1) is 0 Å². The van der Waals surface area contributed by atoms with Crippen LogP contribution >= 0.6 is 11.8 Å². The molecule has 2 heterocycles. The van der Waals surface area contributed by atoms with Crippen molar-refractivity contribution >= 4 is 40.4 Å². The lowest BCUT2D eigenvalue weighted by molar-refractivity contribution is -0.122. The third kappa shape index (κ3) is 4.73. The smallest absolute Gasteiger partial charge is 0.251 e. The molecule has 27 heavy (non-hydrogen) atoms. The molecule has 2 amide bonds. The highest BCUT2D eigenvalue weighted by Crippen LogP contribution is 2.30. The van der Waals surface area contributed by atoms with E-state index in [1.165, 1.54) is 26.0 Å². The Hall–Kier alpha value is -3.14. The van der Waals surface area contributed by atoms with E-state index in [0.29, 0.717) is 22.4 Å². The van der Waals surface area contributed by atoms with Crippen LogP contribution in [0.3, 0.4) is 0 Å². The van der Waals surface area contributed by atoms with E-state index in [0.717, 1.165) is 0 Å². The Kier molecular flexibility index (Phi) is 5.87. The number of carbonyl (C=O) groups excluding carboxylic acids is 2.